The zero-order chi connectivity index (χ0) is 7.23. The zero-order valence-corrected chi connectivity index (χ0v) is 6.38. The van der Waals surface area contributed by atoms with Crippen LogP contribution in [0.3, 0.4) is 0 Å². The van der Waals surface area contributed by atoms with Crippen LogP contribution in [0.2, 0.25) is 0 Å². The van der Waals surface area contributed by atoms with Gasteiger partial charge in [-0.25, -0.2) is 0 Å². The van der Waals surface area contributed by atoms with E-state index < -0.39 is 0 Å². The molecular formula is C8H14O2. The molecule has 0 spiro atoms. The van der Waals surface area contributed by atoms with Crippen molar-refractivity contribution in [2.45, 2.75) is 26.1 Å². The molecule has 0 N–H and O–H groups in total. The number of ether oxygens (including phenoxy) is 2. The van der Waals surface area contributed by atoms with Crippen molar-refractivity contribution in [3.63, 3.8) is 0 Å². The van der Waals surface area contributed by atoms with Crippen LogP contribution in [0.4, 0.5) is 0 Å². The molecule has 0 bridgehead atoms. The van der Waals surface area contributed by atoms with E-state index in [2.05, 4.69) is 12.2 Å². The van der Waals surface area contributed by atoms with Crippen molar-refractivity contribution in [3.8, 4) is 0 Å². The van der Waals surface area contributed by atoms with E-state index in [9.17, 15) is 0 Å². The molecule has 1 aliphatic heterocycles. The van der Waals surface area contributed by atoms with Gasteiger partial charge in [0.25, 0.3) is 0 Å². The van der Waals surface area contributed by atoms with E-state index in [1.807, 2.05) is 6.92 Å². The average Bonchev–Trinajstić information content (AvgIpc) is 2.41. The van der Waals surface area contributed by atoms with Crippen molar-refractivity contribution < 1.29 is 9.47 Å². The van der Waals surface area contributed by atoms with E-state index in [4.69, 9.17) is 9.47 Å². The van der Waals surface area contributed by atoms with Gasteiger partial charge in [0.15, 0.2) is 6.29 Å². The van der Waals surface area contributed by atoms with E-state index in [0.717, 1.165) is 26.1 Å². The molecule has 0 saturated carbocycles. The summed E-state index contributed by atoms with van der Waals surface area (Å²) in [6.07, 6.45) is 6.29. The first-order valence-electron chi connectivity index (χ1n) is 3.78. The molecule has 0 aliphatic carbocycles. The molecule has 2 nitrogen and oxygen atoms in total. The summed E-state index contributed by atoms with van der Waals surface area (Å²) in [5.74, 6) is 0. The Morgan fingerprint density at radius 3 is 2.70 bits per heavy atom. The van der Waals surface area contributed by atoms with Gasteiger partial charge in [0.05, 0.1) is 13.2 Å². The van der Waals surface area contributed by atoms with Crippen LogP contribution in [0.5, 0.6) is 0 Å². The normalized spacial score (nSPS) is 20.9. The number of rotatable bonds is 3. The second-order valence-corrected chi connectivity index (χ2v) is 2.32. The van der Waals surface area contributed by atoms with Crippen LogP contribution >= 0.6 is 0 Å². The number of hydrogen-bond acceptors (Lipinski definition) is 2. The Hall–Kier alpha value is -0.340. The molecule has 0 atom stereocenters. The van der Waals surface area contributed by atoms with Gasteiger partial charge in [-0.15, -0.1) is 0 Å². The molecular weight excluding hydrogens is 128 g/mol. The predicted molar refractivity (Wildman–Crippen MR) is 39.7 cm³/mol. The van der Waals surface area contributed by atoms with Crippen molar-refractivity contribution in [2.24, 2.45) is 0 Å². The summed E-state index contributed by atoms with van der Waals surface area (Å²) in [5, 5.41) is 0. The summed E-state index contributed by atoms with van der Waals surface area (Å²) in [6, 6.07) is 0. The fourth-order valence-electron chi connectivity index (χ4n) is 0.973. The highest BCUT2D eigenvalue weighted by atomic mass is 16.7. The van der Waals surface area contributed by atoms with Gasteiger partial charge in [-0.2, -0.15) is 0 Å². The lowest BCUT2D eigenvalue weighted by Crippen LogP contribution is -2.05. The van der Waals surface area contributed by atoms with Crippen molar-refractivity contribution in [3.05, 3.63) is 12.2 Å². The summed E-state index contributed by atoms with van der Waals surface area (Å²) in [4.78, 5) is 0. The van der Waals surface area contributed by atoms with Gasteiger partial charge < -0.3 is 9.47 Å². The van der Waals surface area contributed by atoms with Crippen molar-refractivity contribution in [1.29, 1.82) is 0 Å². The molecule has 0 radical (unpaired) electrons. The molecule has 1 saturated heterocycles. The summed E-state index contributed by atoms with van der Waals surface area (Å²) >= 11 is 0. The maximum absolute atomic E-state index is 5.24. The molecule has 1 fully saturated rings. The fraction of sp³-hybridized carbons (Fsp3) is 0.750. The van der Waals surface area contributed by atoms with Crippen molar-refractivity contribution in [2.75, 3.05) is 13.2 Å². The largest absolute Gasteiger partial charge is 0.350 e. The molecule has 1 aliphatic rings. The summed E-state index contributed by atoms with van der Waals surface area (Å²) in [6.45, 7) is 3.55. The highest BCUT2D eigenvalue weighted by molar-refractivity contribution is 4.77. The van der Waals surface area contributed by atoms with Crippen LogP contribution in [-0.2, 0) is 9.47 Å². The number of allylic oxidation sites excluding steroid dienone is 2. The van der Waals surface area contributed by atoms with E-state index in [1.165, 1.54) is 0 Å². The minimum atomic E-state index is 0.0659. The van der Waals surface area contributed by atoms with Crippen molar-refractivity contribution in [1.82, 2.24) is 0 Å². The maximum atomic E-state index is 5.24. The van der Waals surface area contributed by atoms with Gasteiger partial charge in [-0.05, 0) is 13.3 Å². The van der Waals surface area contributed by atoms with Gasteiger partial charge in [-0.3, -0.25) is 0 Å². The topological polar surface area (TPSA) is 18.5 Å². The molecule has 1 heterocycles. The van der Waals surface area contributed by atoms with Crippen molar-refractivity contribution >= 4 is 0 Å². The average molecular weight is 142 g/mol. The third-order valence-electron chi connectivity index (χ3n) is 1.50. The summed E-state index contributed by atoms with van der Waals surface area (Å²) < 4.78 is 10.5. The van der Waals surface area contributed by atoms with Gasteiger partial charge in [-0.1, -0.05) is 12.2 Å². The lowest BCUT2D eigenvalue weighted by molar-refractivity contribution is -0.0457. The Morgan fingerprint density at radius 1 is 1.40 bits per heavy atom. The van der Waals surface area contributed by atoms with Gasteiger partial charge in [0, 0.05) is 6.42 Å². The standard InChI is InChI=1S/C8H14O2/c1-2-3-4-5-8-9-6-7-10-8/h2-3,8H,4-7H2,1H3. The summed E-state index contributed by atoms with van der Waals surface area (Å²) in [5.41, 5.74) is 0. The molecule has 58 valence electrons. The van der Waals surface area contributed by atoms with Crippen LogP contribution in [0.25, 0.3) is 0 Å². The Labute approximate surface area is 61.8 Å². The van der Waals surface area contributed by atoms with Crippen LogP contribution < -0.4 is 0 Å². The third-order valence-corrected chi connectivity index (χ3v) is 1.50. The first-order chi connectivity index (χ1) is 4.93. The van der Waals surface area contributed by atoms with Crippen LogP contribution in [-0.4, -0.2) is 19.5 Å². The quantitative estimate of drug-likeness (QED) is 0.558. The monoisotopic (exact) mass is 142 g/mol. The maximum Gasteiger partial charge on any atom is 0.158 e. The molecule has 0 aromatic carbocycles. The first kappa shape index (κ1) is 7.76. The van der Waals surface area contributed by atoms with Crippen LogP contribution in [0.1, 0.15) is 19.8 Å². The Morgan fingerprint density at radius 2 is 2.10 bits per heavy atom. The predicted octanol–water partition coefficient (Wildman–Crippen LogP) is 1.72. The van der Waals surface area contributed by atoms with E-state index >= 15 is 0 Å². The molecule has 2 heteroatoms. The lowest BCUT2D eigenvalue weighted by Gasteiger charge is -2.05. The SMILES string of the molecule is CC=CCCC1OCCO1. The Kier molecular flexibility index (Phi) is 3.47. The van der Waals surface area contributed by atoms with E-state index in [-0.39, 0.29) is 6.29 Å². The minimum absolute atomic E-state index is 0.0659. The molecule has 1 rings (SSSR count). The molecule has 0 aromatic rings. The second kappa shape index (κ2) is 4.47. The molecule has 0 amide bonds. The van der Waals surface area contributed by atoms with Crippen LogP contribution in [0, 0.1) is 0 Å². The van der Waals surface area contributed by atoms with Crippen LogP contribution in [0.15, 0.2) is 12.2 Å². The zero-order valence-electron chi connectivity index (χ0n) is 6.38. The molecule has 10 heavy (non-hydrogen) atoms. The smallest absolute Gasteiger partial charge is 0.158 e. The third kappa shape index (κ3) is 2.50. The molecule has 0 aromatic heterocycles. The fourth-order valence-corrected chi connectivity index (χ4v) is 0.973. The Bertz CT molecular complexity index is 104. The van der Waals surface area contributed by atoms with Gasteiger partial charge in [0.2, 0.25) is 0 Å². The summed E-state index contributed by atoms with van der Waals surface area (Å²) in [7, 11) is 0. The lowest BCUT2D eigenvalue weighted by atomic mass is 10.3. The Balaban J connectivity index is 2.01. The number of hydrogen-bond donors (Lipinski definition) is 0. The second-order valence-electron chi connectivity index (χ2n) is 2.32. The molecule has 0 unspecified atom stereocenters. The highest BCUT2D eigenvalue weighted by Crippen LogP contribution is 2.09. The van der Waals surface area contributed by atoms with E-state index in [0.29, 0.717) is 0 Å². The van der Waals surface area contributed by atoms with Gasteiger partial charge in [0.1, 0.15) is 0 Å². The highest BCUT2D eigenvalue weighted by Gasteiger charge is 2.13. The first-order valence-corrected chi connectivity index (χ1v) is 3.78. The van der Waals surface area contributed by atoms with E-state index in [1.54, 1.807) is 0 Å². The minimum Gasteiger partial charge on any atom is -0.350 e. The van der Waals surface area contributed by atoms with Gasteiger partial charge >= 0.3 is 0 Å².